The number of aliphatic hydroxyl groups is 1. The smallest absolute Gasteiger partial charge is 0.341 e. The highest BCUT2D eigenvalue weighted by molar-refractivity contribution is 5.97. The van der Waals surface area contributed by atoms with Crippen molar-refractivity contribution in [3.63, 3.8) is 0 Å². The first kappa shape index (κ1) is 17.7. The molecule has 4 rings (SSSR count). The molecule has 0 spiro atoms. The molecule has 1 unspecified atom stereocenters. The number of anilines is 1. The van der Waals surface area contributed by atoms with Crippen molar-refractivity contribution in [2.24, 2.45) is 0 Å². The Morgan fingerprint density at radius 1 is 1.37 bits per heavy atom. The lowest BCUT2D eigenvalue weighted by Gasteiger charge is -2.39. The molecular weight excluding hydrogens is 357 g/mol. The number of hydrogen-bond acceptors (Lipinski definition) is 6. The van der Waals surface area contributed by atoms with Gasteiger partial charge in [0.2, 0.25) is 5.43 Å². The van der Waals surface area contributed by atoms with Gasteiger partial charge in [0.1, 0.15) is 24.1 Å². The number of carboxylic acids is 1. The summed E-state index contributed by atoms with van der Waals surface area (Å²) in [6.07, 6.45) is 0.546. The summed E-state index contributed by atoms with van der Waals surface area (Å²) in [5, 5.41) is 19.4. The third kappa shape index (κ3) is 2.65. The van der Waals surface area contributed by atoms with Gasteiger partial charge in [-0.25, -0.2) is 9.18 Å². The maximum absolute atomic E-state index is 15.0. The lowest BCUT2D eigenvalue weighted by atomic mass is 10.1. The van der Waals surface area contributed by atoms with Crippen molar-refractivity contribution >= 4 is 22.6 Å². The minimum absolute atomic E-state index is 0.0209. The molecule has 9 heteroatoms. The Hall–Kier alpha value is -2.65. The average Bonchev–Trinajstić information content (AvgIpc) is 2.61. The number of aromatic carboxylic acids is 1. The summed E-state index contributed by atoms with van der Waals surface area (Å²) in [5.41, 5.74) is -0.563. The van der Waals surface area contributed by atoms with E-state index in [0.717, 1.165) is 6.07 Å². The van der Waals surface area contributed by atoms with Crippen molar-refractivity contribution in [1.82, 2.24) is 9.47 Å². The molecule has 1 aromatic carbocycles. The quantitative estimate of drug-likeness (QED) is 0.802. The number of halogens is 1. The van der Waals surface area contributed by atoms with Crippen molar-refractivity contribution in [2.75, 3.05) is 38.2 Å². The zero-order valence-electron chi connectivity index (χ0n) is 15.0. The van der Waals surface area contributed by atoms with Gasteiger partial charge in [-0.1, -0.05) is 0 Å². The monoisotopic (exact) mass is 377 g/mol. The third-order valence-electron chi connectivity index (χ3n) is 5.30. The van der Waals surface area contributed by atoms with Crippen LogP contribution in [0.4, 0.5) is 10.1 Å². The number of benzene rings is 1. The zero-order valence-corrected chi connectivity index (χ0v) is 15.0. The molecule has 1 aromatic heterocycles. The van der Waals surface area contributed by atoms with Gasteiger partial charge in [-0.3, -0.25) is 9.69 Å². The number of nitrogens with zero attached hydrogens (tertiary/aromatic N) is 3. The van der Waals surface area contributed by atoms with E-state index in [1.54, 1.807) is 21.4 Å². The molecule has 0 amide bonds. The fraction of sp³-hybridized carbons (Fsp3) is 0.444. The predicted molar refractivity (Wildman–Crippen MR) is 96.2 cm³/mol. The van der Waals surface area contributed by atoms with Crippen LogP contribution in [0.5, 0.6) is 5.75 Å². The molecular formula is C18H20FN3O5. The minimum Gasteiger partial charge on any atom is -0.487 e. The molecule has 2 aliphatic heterocycles. The molecule has 1 fully saturated rings. The number of piperazine rings is 1. The van der Waals surface area contributed by atoms with Crippen LogP contribution < -0.4 is 15.1 Å². The fourth-order valence-corrected chi connectivity index (χ4v) is 3.72. The molecule has 3 heterocycles. The lowest BCUT2D eigenvalue weighted by molar-refractivity contribution is 0.0150. The predicted octanol–water partition coefficient (Wildman–Crippen LogP) is 0.862. The Morgan fingerprint density at radius 2 is 2.11 bits per heavy atom. The van der Waals surface area contributed by atoms with E-state index in [1.807, 2.05) is 6.92 Å². The number of ether oxygens (including phenoxy) is 1. The van der Waals surface area contributed by atoms with Crippen LogP contribution in [-0.2, 0) is 0 Å². The van der Waals surface area contributed by atoms with Crippen molar-refractivity contribution in [1.29, 1.82) is 0 Å². The first-order chi connectivity index (χ1) is 12.8. The normalized spacial score (nSPS) is 22.7. The number of likely N-dealkylation sites (N-methyl/N-ethyl adjacent to an activating group) is 1. The molecule has 2 aliphatic rings. The highest BCUT2D eigenvalue weighted by atomic mass is 19.1. The summed E-state index contributed by atoms with van der Waals surface area (Å²) in [6.45, 7) is 3.28. The van der Waals surface area contributed by atoms with Crippen LogP contribution in [0.25, 0.3) is 10.9 Å². The Kier molecular flexibility index (Phi) is 4.08. The number of pyridine rings is 1. The molecule has 144 valence electrons. The molecule has 1 saturated heterocycles. The van der Waals surface area contributed by atoms with Gasteiger partial charge in [-0.2, -0.15) is 0 Å². The minimum atomic E-state index is -1.35. The molecule has 0 aliphatic carbocycles. The van der Waals surface area contributed by atoms with Crippen LogP contribution in [-0.4, -0.2) is 65.2 Å². The highest BCUT2D eigenvalue weighted by Crippen LogP contribution is 2.42. The van der Waals surface area contributed by atoms with Crippen LogP contribution in [0.3, 0.4) is 0 Å². The number of aliphatic hydroxyl groups excluding tert-OH is 1. The zero-order chi connectivity index (χ0) is 19.5. The molecule has 2 atom stereocenters. The van der Waals surface area contributed by atoms with E-state index in [4.69, 9.17) is 4.74 Å². The molecule has 0 bridgehead atoms. The van der Waals surface area contributed by atoms with E-state index in [0.29, 0.717) is 18.6 Å². The van der Waals surface area contributed by atoms with Crippen LogP contribution in [0.15, 0.2) is 17.1 Å². The number of hydrogen-bond donors (Lipinski definition) is 2. The Morgan fingerprint density at radius 3 is 2.78 bits per heavy atom. The van der Waals surface area contributed by atoms with Gasteiger partial charge in [0, 0.05) is 19.3 Å². The number of β-amino-alcohol motifs (C(OH)–C–C–N with tert-alkyl or cyclic N) is 1. The number of aromatic nitrogens is 1. The van der Waals surface area contributed by atoms with E-state index >= 15 is 4.39 Å². The van der Waals surface area contributed by atoms with E-state index < -0.39 is 29.0 Å². The molecule has 2 aromatic rings. The van der Waals surface area contributed by atoms with Gasteiger partial charge in [0.05, 0.1) is 23.5 Å². The van der Waals surface area contributed by atoms with Crippen LogP contribution in [0.1, 0.15) is 23.3 Å². The third-order valence-corrected chi connectivity index (χ3v) is 5.30. The second-order valence-electron chi connectivity index (χ2n) is 7.08. The van der Waals surface area contributed by atoms with Crippen LogP contribution in [0, 0.1) is 5.82 Å². The second-order valence-corrected chi connectivity index (χ2v) is 7.08. The van der Waals surface area contributed by atoms with Gasteiger partial charge in [-0.05, 0) is 20.0 Å². The molecule has 0 saturated carbocycles. The van der Waals surface area contributed by atoms with Crippen molar-refractivity contribution in [3.8, 4) is 5.75 Å². The molecule has 2 N–H and O–H groups in total. The fourth-order valence-electron chi connectivity index (χ4n) is 3.72. The van der Waals surface area contributed by atoms with Gasteiger partial charge in [0.25, 0.3) is 0 Å². The topological polar surface area (TPSA) is 95.2 Å². The Bertz CT molecular complexity index is 1000. The molecule has 0 radical (unpaired) electrons. The van der Waals surface area contributed by atoms with Crippen molar-refractivity contribution in [3.05, 3.63) is 33.9 Å². The highest BCUT2D eigenvalue weighted by Gasteiger charge is 2.32. The summed E-state index contributed by atoms with van der Waals surface area (Å²) in [6, 6.07) is 0.862. The SMILES string of the molecule is C[C@H]1COc2c(N3CCN(C)C(O)C3)c(F)cc3c(=O)c(C(=O)O)cn1c23. The average molecular weight is 377 g/mol. The first-order valence-electron chi connectivity index (χ1n) is 8.70. The number of rotatable bonds is 2. The summed E-state index contributed by atoms with van der Waals surface area (Å²) in [7, 11) is 1.78. The van der Waals surface area contributed by atoms with Gasteiger partial charge in [-0.15, -0.1) is 0 Å². The summed E-state index contributed by atoms with van der Waals surface area (Å²) >= 11 is 0. The van der Waals surface area contributed by atoms with Crippen molar-refractivity contribution < 1.29 is 24.1 Å². The van der Waals surface area contributed by atoms with E-state index in [9.17, 15) is 19.8 Å². The van der Waals surface area contributed by atoms with Crippen molar-refractivity contribution in [2.45, 2.75) is 19.2 Å². The summed E-state index contributed by atoms with van der Waals surface area (Å²) in [4.78, 5) is 27.5. The number of carboxylic acid groups (broad SMARTS) is 1. The lowest BCUT2D eigenvalue weighted by Crippen LogP contribution is -2.51. The van der Waals surface area contributed by atoms with E-state index in [-0.39, 0.29) is 36.0 Å². The van der Waals surface area contributed by atoms with Gasteiger partial charge >= 0.3 is 5.97 Å². The largest absolute Gasteiger partial charge is 0.487 e. The molecule has 27 heavy (non-hydrogen) atoms. The van der Waals surface area contributed by atoms with Gasteiger partial charge < -0.3 is 24.4 Å². The summed E-state index contributed by atoms with van der Waals surface area (Å²) < 4.78 is 22.5. The maximum Gasteiger partial charge on any atom is 0.341 e. The van der Waals surface area contributed by atoms with E-state index in [2.05, 4.69) is 0 Å². The Balaban J connectivity index is 1.99. The molecule has 8 nitrogen and oxygen atoms in total. The standard InChI is InChI=1S/C18H20FN3O5/c1-9-8-27-17-14-10(16(24)11(18(25)26)6-22(9)14)5-12(19)15(17)21-4-3-20(2)13(23)7-21/h5-6,9,13,23H,3-4,7-8H2,1-2H3,(H,25,26)/t9-,13?/m0/s1. The Labute approximate surface area is 154 Å². The number of carbonyl (C=O) groups is 1. The maximum atomic E-state index is 15.0. The van der Waals surface area contributed by atoms with Crippen LogP contribution >= 0.6 is 0 Å². The van der Waals surface area contributed by atoms with Gasteiger partial charge in [0.15, 0.2) is 11.6 Å². The van der Waals surface area contributed by atoms with E-state index in [1.165, 1.54) is 6.20 Å². The first-order valence-corrected chi connectivity index (χ1v) is 8.70. The second kappa shape index (κ2) is 6.21. The summed E-state index contributed by atoms with van der Waals surface area (Å²) in [5.74, 6) is -1.80. The van der Waals surface area contributed by atoms with Crippen LogP contribution in [0.2, 0.25) is 0 Å².